The third-order valence-corrected chi connectivity index (χ3v) is 2.55. The third kappa shape index (κ3) is 2.13. The number of hydrogen-bond donors (Lipinski definition) is 1. The molecule has 1 aromatic heterocycles. The van der Waals surface area contributed by atoms with E-state index in [9.17, 15) is 18.0 Å². The van der Waals surface area contributed by atoms with E-state index in [0.29, 0.717) is 5.56 Å². The molecule has 0 saturated heterocycles. The van der Waals surface area contributed by atoms with Crippen LogP contribution in [0.4, 0.5) is 13.2 Å². The van der Waals surface area contributed by atoms with Crippen LogP contribution in [0.2, 0.25) is 0 Å². The summed E-state index contributed by atoms with van der Waals surface area (Å²) in [5, 5.41) is 5.59. The van der Waals surface area contributed by atoms with Crippen LogP contribution in [0.15, 0.2) is 35.1 Å². The summed E-state index contributed by atoms with van der Waals surface area (Å²) in [6, 6.07) is 7.93. The first kappa shape index (κ1) is 12.3. The van der Waals surface area contributed by atoms with Crippen LogP contribution in [0.5, 0.6) is 0 Å². The molecule has 0 unspecified atom stereocenters. The summed E-state index contributed by atoms with van der Waals surface area (Å²) in [6.45, 7) is 1.13. The molecule has 2 rings (SSSR count). The average Bonchev–Trinajstić information content (AvgIpc) is 2.32. The molecule has 0 bridgehead atoms. The molecule has 1 heterocycles. The van der Waals surface area contributed by atoms with Crippen LogP contribution in [0.25, 0.3) is 11.3 Å². The van der Waals surface area contributed by atoms with Crippen molar-refractivity contribution in [3.63, 3.8) is 0 Å². The quantitative estimate of drug-likeness (QED) is 0.850. The van der Waals surface area contributed by atoms with Gasteiger partial charge in [-0.2, -0.15) is 18.3 Å². The lowest BCUT2D eigenvalue weighted by molar-refractivity contribution is -0.137. The van der Waals surface area contributed by atoms with Crippen LogP contribution >= 0.6 is 0 Å². The first-order chi connectivity index (χ1) is 8.41. The molecule has 0 amide bonds. The number of hydrogen-bond acceptors (Lipinski definition) is 2. The minimum atomic E-state index is -4.61. The largest absolute Gasteiger partial charge is 0.419 e. The molecule has 2 aromatic rings. The van der Waals surface area contributed by atoms with Gasteiger partial charge in [0.2, 0.25) is 0 Å². The fourth-order valence-electron chi connectivity index (χ4n) is 1.69. The topological polar surface area (TPSA) is 45.8 Å². The van der Waals surface area contributed by atoms with E-state index in [1.807, 2.05) is 0 Å². The van der Waals surface area contributed by atoms with Crippen molar-refractivity contribution >= 4 is 0 Å². The number of aromatic amines is 1. The van der Waals surface area contributed by atoms with Gasteiger partial charge in [-0.1, -0.05) is 30.3 Å². The number of aromatic nitrogens is 2. The number of H-pyrrole nitrogens is 1. The third-order valence-electron chi connectivity index (χ3n) is 2.55. The van der Waals surface area contributed by atoms with E-state index < -0.39 is 17.3 Å². The Bertz CT molecular complexity index is 617. The van der Waals surface area contributed by atoms with Gasteiger partial charge in [0.15, 0.2) is 0 Å². The maximum atomic E-state index is 13.0. The lowest BCUT2D eigenvalue weighted by Gasteiger charge is -2.13. The Labute approximate surface area is 100 Å². The van der Waals surface area contributed by atoms with Crippen molar-refractivity contribution in [2.24, 2.45) is 0 Å². The normalized spacial score (nSPS) is 11.6. The van der Waals surface area contributed by atoms with E-state index in [0.717, 1.165) is 6.92 Å². The average molecular weight is 254 g/mol. The van der Waals surface area contributed by atoms with E-state index in [4.69, 9.17) is 0 Å². The zero-order chi connectivity index (χ0) is 13.3. The minimum Gasteiger partial charge on any atom is -0.268 e. The predicted molar refractivity (Wildman–Crippen MR) is 60.0 cm³/mol. The van der Waals surface area contributed by atoms with Gasteiger partial charge >= 0.3 is 6.18 Å². The summed E-state index contributed by atoms with van der Waals surface area (Å²) in [7, 11) is 0. The predicted octanol–water partition coefficient (Wildman–Crippen LogP) is 2.76. The Morgan fingerprint density at radius 3 is 2.33 bits per heavy atom. The molecule has 0 fully saturated rings. The molecule has 3 nitrogen and oxygen atoms in total. The molecule has 0 aliphatic heterocycles. The Morgan fingerprint density at radius 2 is 1.78 bits per heavy atom. The fourth-order valence-corrected chi connectivity index (χ4v) is 1.69. The zero-order valence-electron chi connectivity index (χ0n) is 9.38. The van der Waals surface area contributed by atoms with Crippen molar-refractivity contribution < 1.29 is 13.2 Å². The SMILES string of the molecule is Cc1c(C(F)(F)F)c(-c2ccccc2)n[nH]c1=O. The monoisotopic (exact) mass is 254 g/mol. The van der Waals surface area contributed by atoms with Crippen molar-refractivity contribution in [3.05, 3.63) is 51.8 Å². The molecule has 0 aliphatic rings. The van der Waals surface area contributed by atoms with E-state index in [1.165, 1.54) is 12.1 Å². The van der Waals surface area contributed by atoms with Gasteiger partial charge in [-0.3, -0.25) is 4.79 Å². The number of nitrogens with zero attached hydrogens (tertiary/aromatic N) is 1. The van der Waals surface area contributed by atoms with Crippen molar-refractivity contribution in [2.45, 2.75) is 13.1 Å². The van der Waals surface area contributed by atoms with Crippen LogP contribution in [-0.4, -0.2) is 10.2 Å². The first-order valence-corrected chi connectivity index (χ1v) is 5.13. The molecule has 94 valence electrons. The number of benzene rings is 1. The molecular formula is C12H9F3N2O. The summed E-state index contributed by atoms with van der Waals surface area (Å²) < 4.78 is 38.9. The van der Waals surface area contributed by atoms with Gasteiger partial charge in [0.1, 0.15) is 5.69 Å². The molecule has 18 heavy (non-hydrogen) atoms. The standard InChI is InChI=1S/C12H9F3N2O/c1-7-9(12(13,14)15)10(16-17-11(7)18)8-5-3-2-4-6-8/h2-6H,1H3,(H,17,18). The van der Waals surface area contributed by atoms with E-state index in [-0.39, 0.29) is 11.3 Å². The molecule has 1 N–H and O–H groups in total. The summed E-state index contributed by atoms with van der Waals surface area (Å²) in [4.78, 5) is 11.3. The highest BCUT2D eigenvalue weighted by molar-refractivity contribution is 5.64. The first-order valence-electron chi connectivity index (χ1n) is 5.13. The molecule has 0 radical (unpaired) electrons. The summed E-state index contributed by atoms with van der Waals surface area (Å²) in [5.41, 5.74) is -2.15. The van der Waals surface area contributed by atoms with Crippen LogP contribution in [0, 0.1) is 6.92 Å². The van der Waals surface area contributed by atoms with Gasteiger partial charge in [-0.05, 0) is 6.92 Å². The number of halogens is 3. The van der Waals surface area contributed by atoms with Crippen molar-refractivity contribution in [3.8, 4) is 11.3 Å². The van der Waals surface area contributed by atoms with Gasteiger partial charge in [0.05, 0.1) is 5.56 Å². The maximum absolute atomic E-state index is 13.0. The van der Waals surface area contributed by atoms with Gasteiger partial charge in [0, 0.05) is 11.1 Å². The highest BCUT2D eigenvalue weighted by Crippen LogP contribution is 2.36. The number of rotatable bonds is 1. The van der Waals surface area contributed by atoms with E-state index in [2.05, 4.69) is 10.2 Å². The molecule has 0 saturated carbocycles. The summed E-state index contributed by atoms with van der Waals surface area (Å²) in [5.74, 6) is 0. The van der Waals surface area contributed by atoms with Gasteiger partial charge in [-0.15, -0.1) is 0 Å². The van der Waals surface area contributed by atoms with Crippen molar-refractivity contribution in [1.29, 1.82) is 0 Å². The van der Waals surface area contributed by atoms with Crippen LogP contribution in [-0.2, 0) is 6.18 Å². The second kappa shape index (κ2) is 4.29. The molecule has 0 spiro atoms. The molecule has 1 aromatic carbocycles. The van der Waals surface area contributed by atoms with E-state index in [1.54, 1.807) is 18.2 Å². The van der Waals surface area contributed by atoms with Crippen molar-refractivity contribution in [2.75, 3.05) is 0 Å². The zero-order valence-corrected chi connectivity index (χ0v) is 9.38. The smallest absolute Gasteiger partial charge is 0.268 e. The van der Waals surface area contributed by atoms with Crippen LogP contribution in [0.1, 0.15) is 11.1 Å². The second-order valence-corrected chi connectivity index (χ2v) is 3.77. The highest BCUT2D eigenvalue weighted by atomic mass is 19.4. The Balaban J connectivity index is 2.77. The molecule has 0 aliphatic carbocycles. The lowest BCUT2D eigenvalue weighted by Crippen LogP contribution is -2.21. The Hall–Kier alpha value is -2.11. The molecule has 6 heteroatoms. The Morgan fingerprint density at radius 1 is 1.17 bits per heavy atom. The van der Waals surface area contributed by atoms with Crippen molar-refractivity contribution in [1.82, 2.24) is 10.2 Å². The summed E-state index contributed by atoms with van der Waals surface area (Å²) >= 11 is 0. The van der Waals surface area contributed by atoms with Gasteiger partial charge in [0.25, 0.3) is 5.56 Å². The van der Waals surface area contributed by atoms with Crippen LogP contribution in [0.3, 0.4) is 0 Å². The highest BCUT2D eigenvalue weighted by Gasteiger charge is 2.37. The maximum Gasteiger partial charge on any atom is 0.419 e. The van der Waals surface area contributed by atoms with Gasteiger partial charge < -0.3 is 0 Å². The van der Waals surface area contributed by atoms with Crippen LogP contribution < -0.4 is 5.56 Å². The Kier molecular flexibility index (Phi) is 2.94. The number of alkyl halides is 3. The summed E-state index contributed by atoms with van der Waals surface area (Å²) in [6.07, 6.45) is -4.61. The number of nitrogens with one attached hydrogen (secondary N) is 1. The minimum absolute atomic E-state index is 0.264. The van der Waals surface area contributed by atoms with E-state index >= 15 is 0 Å². The lowest BCUT2D eigenvalue weighted by atomic mass is 10.0. The fraction of sp³-hybridized carbons (Fsp3) is 0.167. The molecule has 0 atom stereocenters. The van der Waals surface area contributed by atoms with Gasteiger partial charge in [-0.25, -0.2) is 5.10 Å². The molecular weight excluding hydrogens is 245 g/mol. The second-order valence-electron chi connectivity index (χ2n) is 3.77.